The number of carbonyl (C=O) groups excluding carboxylic acids is 1. The van der Waals surface area contributed by atoms with Crippen LogP contribution in [-0.2, 0) is 9.53 Å². The molecule has 0 bridgehead atoms. The number of allylic oxidation sites excluding steroid dienone is 1. The minimum atomic E-state index is -1.15. The van der Waals surface area contributed by atoms with E-state index in [1.165, 1.54) is 11.8 Å². The molecule has 4 aliphatic carbocycles. The predicted molar refractivity (Wildman–Crippen MR) is 198 cm³/mol. The largest absolute Gasteiger partial charge is 0.457 e. The summed E-state index contributed by atoms with van der Waals surface area (Å²) in [6.45, 7) is 3.87. The minimum Gasteiger partial charge on any atom is -0.457 e. The maximum absolute atomic E-state index is 12.6. The summed E-state index contributed by atoms with van der Waals surface area (Å²) in [5.74, 6) is 0.289. The topological polar surface area (TPSA) is 90.8 Å². The van der Waals surface area contributed by atoms with Crippen molar-refractivity contribution in [2.24, 2.45) is 17.3 Å². The Morgan fingerprint density at radius 2 is 1.31 bits per heavy atom. The predicted octanol–water partition coefficient (Wildman–Crippen LogP) is 11.8. The van der Waals surface area contributed by atoms with Gasteiger partial charge in [0.15, 0.2) is 0 Å². The van der Waals surface area contributed by atoms with E-state index in [0.29, 0.717) is 17.1 Å². The third kappa shape index (κ3) is 10.6. The van der Waals surface area contributed by atoms with Crippen LogP contribution >= 0.6 is 23.2 Å². The van der Waals surface area contributed by atoms with Crippen molar-refractivity contribution in [3.8, 4) is 17.6 Å². The molecule has 4 fully saturated rings. The molecule has 5 nitrogen and oxygen atoms in total. The van der Waals surface area contributed by atoms with Gasteiger partial charge in [-0.25, -0.2) is 0 Å². The van der Waals surface area contributed by atoms with Gasteiger partial charge in [-0.2, -0.15) is 5.26 Å². The Bertz CT molecular complexity index is 1310. The van der Waals surface area contributed by atoms with Gasteiger partial charge < -0.3 is 14.9 Å². The van der Waals surface area contributed by atoms with E-state index in [-0.39, 0.29) is 27.2 Å². The number of rotatable bonds is 9. The number of esters is 1. The average molecular weight is 802 g/mol. The van der Waals surface area contributed by atoms with Gasteiger partial charge in [0, 0.05) is 5.56 Å². The summed E-state index contributed by atoms with van der Waals surface area (Å²) >= 11 is 10.3. The summed E-state index contributed by atoms with van der Waals surface area (Å²) < 4.78 is 15.4. The number of ether oxygens (including phenoxy) is 2. The minimum absolute atomic E-state index is 0. The second-order valence-electron chi connectivity index (χ2n) is 14.7. The molecule has 6 rings (SSSR count). The monoisotopic (exact) mass is 802 g/mol. The SMILES string of the molecule is C1CC[CH]([Sn]([CH]2CCCCC2)[CH]2CCCCC2)CC1.CC1(C)C(C=C(Cl)Cl)C1C(=O)OC(C#N)c1cccc(Oc2ccccc2)c1.O. The van der Waals surface area contributed by atoms with Crippen LogP contribution in [0, 0.1) is 28.6 Å². The standard InChI is InChI=1S/C22H19Cl2NO3.3C6H11.H2O.Sn/c1-22(2)17(12-19(23)24)20(22)21(26)28-18(13-25)14-7-6-10-16(11-14)27-15-8-4-3-5-9-15;3*1-2-4-6-5-3-1;;/h3-12,17-18,20H,1-2H3;3*1H,2-6H2;1H2;. The molecule has 0 amide bonds. The van der Waals surface area contributed by atoms with Crippen molar-refractivity contribution in [2.75, 3.05) is 0 Å². The van der Waals surface area contributed by atoms with Crippen molar-refractivity contribution >= 4 is 48.9 Å². The van der Waals surface area contributed by atoms with Crippen LogP contribution in [0.25, 0.3) is 0 Å². The van der Waals surface area contributed by atoms with Crippen molar-refractivity contribution < 1.29 is 19.7 Å². The van der Waals surface area contributed by atoms with Crippen molar-refractivity contribution in [2.45, 2.75) is 128 Å². The zero-order chi connectivity index (χ0) is 33.2. The van der Waals surface area contributed by atoms with Crippen molar-refractivity contribution in [3.63, 3.8) is 0 Å². The van der Waals surface area contributed by atoms with E-state index in [0.717, 1.165) is 0 Å². The smallest absolute Gasteiger partial charge is 0.311 e. The van der Waals surface area contributed by atoms with Crippen LogP contribution < -0.4 is 4.74 Å². The molecule has 0 heterocycles. The Labute approximate surface area is 305 Å². The molecule has 0 aliphatic heterocycles. The van der Waals surface area contributed by atoms with Crippen LogP contribution in [0.1, 0.15) is 122 Å². The molecule has 8 heteroatoms. The van der Waals surface area contributed by atoms with Gasteiger partial charge in [-0.05, 0) is 41.7 Å². The van der Waals surface area contributed by atoms with E-state index in [2.05, 4.69) is 0 Å². The molecule has 0 spiro atoms. The van der Waals surface area contributed by atoms with Gasteiger partial charge >= 0.3 is 134 Å². The summed E-state index contributed by atoms with van der Waals surface area (Å²) in [4.78, 5) is 12.6. The van der Waals surface area contributed by atoms with Crippen LogP contribution in [0.3, 0.4) is 0 Å². The second kappa shape index (κ2) is 19.0. The Kier molecular flexibility index (Phi) is 15.5. The number of nitrogens with zero attached hydrogens (tertiary/aromatic N) is 1. The summed E-state index contributed by atoms with van der Waals surface area (Å²) in [7, 11) is 0. The fraction of sp³-hybridized carbons (Fsp3) is 0.600. The Balaban J connectivity index is 0.000000227. The molecule has 3 atom stereocenters. The zero-order valence-corrected chi connectivity index (χ0v) is 33.1. The molecule has 2 N–H and O–H groups in total. The molecular weight excluding hydrogens is 748 g/mol. The average Bonchev–Trinajstić information content (AvgIpc) is 3.64. The number of nitriles is 1. The van der Waals surface area contributed by atoms with Crippen molar-refractivity contribution in [1.82, 2.24) is 0 Å². The maximum Gasteiger partial charge on any atom is 0.311 e. The number of para-hydroxylation sites is 1. The number of hydrogen-bond donors (Lipinski definition) is 0. The third-order valence-corrected chi connectivity index (χ3v) is 24.5. The van der Waals surface area contributed by atoms with Crippen molar-refractivity contribution in [3.05, 3.63) is 70.7 Å². The first-order valence-corrected chi connectivity index (χ1v) is 23.8. The normalized spacial score (nSPS) is 23.3. The van der Waals surface area contributed by atoms with E-state index >= 15 is 0 Å². The molecule has 0 aromatic heterocycles. The Hall–Kier alpha value is -1.72. The van der Waals surface area contributed by atoms with Crippen LogP contribution in [-0.4, -0.2) is 31.2 Å². The fourth-order valence-electron chi connectivity index (χ4n) is 8.61. The zero-order valence-electron chi connectivity index (χ0n) is 28.8. The second-order valence-corrected chi connectivity index (χ2v) is 25.6. The molecule has 2 aromatic rings. The molecule has 0 saturated heterocycles. The van der Waals surface area contributed by atoms with E-state index in [1.54, 1.807) is 127 Å². The molecule has 1 radical (unpaired) electrons. The van der Waals surface area contributed by atoms with E-state index in [1.807, 2.05) is 50.2 Å². The molecule has 48 heavy (non-hydrogen) atoms. The van der Waals surface area contributed by atoms with Gasteiger partial charge in [-0.3, -0.25) is 4.79 Å². The van der Waals surface area contributed by atoms with E-state index in [4.69, 9.17) is 32.7 Å². The Morgan fingerprint density at radius 1 is 0.812 bits per heavy atom. The first kappa shape index (κ1) is 39.1. The van der Waals surface area contributed by atoms with Crippen LogP contribution in [0.15, 0.2) is 65.2 Å². The Morgan fingerprint density at radius 3 is 1.79 bits per heavy atom. The van der Waals surface area contributed by atoms with Crippen LogP contribution in [0.4, 0.5) is 0 Å². The first-order chi connectivity index (χ1) is 22.8. The number of carbonyl (C=O) groups is 1. The molecular formula is C40H54Cl2NO4Sn. The fourth-order valence-corrected chi connectivity index (χ4v) is 23.8. The maximum atomic E-state index is 12.6. The van der Waals surface area contributed by atoms with Crippen LogP contribution in [0.5, 0.6) is 11.5 Å². The van der Waals surface area contributed by atoms with Gasteiger partial charge in [0.2, 0.25) is 6.10 Å². The third-order valence-electron chi connectivity index (χ3n) is 11.2. The molecule has 2 aromatic carbocycles. The van der Waals surface area contributed by atoms with Gasteiger partial charge in [-0.1, -0.05) is 67.4 Å². The number of halogens is 2. The van der Waals surface area contributed by atoms with E-state index in [9.17, 15) is 10.1 Å². The van der Waals surface area contributed by atoms with Gasteiger partial charge in [-0.15, -0.1) is 0 Å². The summed E-state index contributed by atoms with van der Waals surface area (Å²) in [5.41, 5.74) is 0.231. The summed E-state index contributed by atoms with van der Waals surface area (Å²) in [6.07, 6.45) is 24.8. The van der Waals surface area contributed by atoms with Gasteiger partial charge in [0.25, 0.3) is 0 Å². The number of benzene rings is 2. The summed E-state index contributed by atoms with van der Waals surface area (Å²) in [5, 5.41) is 9.53. The number of hydrogen-bond acceptors (Lipinski definition) is 4. The quantitative estimate of drug-likeness (QED) is 0.186. The van der Waals surface area contributed by atoms with E-state index < -0.39 is 31.8 Å². The molecule has 3 unspecified atom stereocenters. The molecule has 4 aliphatic rings. The molecule has 261 valence electrons. The van der Waals surface area contributed by atoms with Crippen molar-refractivity contribution in [1.29, 1.82) is 5.26 Å². The first-order valence-electron chi connectivity index (χ1n) is 18.1. The summed E-state index contributed by atoms with van der Waals surface area (Å²) in [6, 6.07) is 18.3. The molecule has 4 saturated carbocycles. The van der Waals surface area contributed by atoms with Gasteiger partial charge in [0.1, 0.15) is 22.1 Å². The van der Waals surface area contributed by atoms with Crippen LogP contribution in [0.2, 0.25) is 11.8 Å². The van der Waals surface area contributed by atoms with Gasteiger partial charge in [0.05, 0.1) is 5.92 Å².